The summed E-state index contributed by atoms with van der Waals surface area (Å²) in [6.07, 6.45) is 0.00120. The number of likely N-dealkylation sites (N-methyl/N-ethyl adjacent to an activating group) is 1. The fourth-order valence-corrected chi connectivity index (χ4v) is 4.48. The fraction of sp³-hybridized carbons (Fsp3) is 0.538. The average Bonchev–Trinajstić information content (AvgIpc) is 3.12. The summed E-state index contributed by atoms with van der Waals surface area (Å²) in [5, 5.41) is 2.70. The monoisotopic (exact) mass is 514 g/mol. The Labute approximate surface area is 216 Å². The first-order valence-corrected chi connectivity index (χ1v) is 12.6. The van der Waals surface area contributed by atoms with Crippen LogP contribution in [0.1, 0.15) is 61.3 Å². The van der Waals surface area contributed by atoms with Crippen molar-refractivity contribution in [1.29, 1.82) is 0 Å². The second kappa shape index (κ2) is 12.1. The number of likely N-dealkylation sites (tertiary alicyclic amines) is 1. The Kier molecular flexibility index (Phi) is 9.14. The number of benzene rings is 1. The summed E-state index contributed by atoms with van der Waals surface area (Å²) in [4.78, 5) is 80.1. The molecule has 0 bridgehead atoms. The lowest BCUT2D eigenvalue weighted by atomic mass is 10.0. The van der Waals surface area contributed by atoms with Crippen LogP contribution in [-0.2, 0) is 23.9 Å². The van der Waals surface area contributed by atoms with Gasteiger partial charge in [-0.15, -0.1) is 0 Å². The van der Waals surface area contributed by atoms with Crippen LogP contribution in [0, 0.1) is 5.92 Å². The fourth-order valence-electron chi connectivity index (χ4n) is 4.48. The van der Waals surface area contributed by atoms with E-state index in [-0.39, 0.29) is 55.5 Å². The molecule has 37 heavy (non-hydrogen) atoms. The smallest absolute Gasteiger partial charge is 0.328 e. The van der Waals surface area contributed by atoms with Gasteiger partial charge in [-0.05, 0) is 37.6 Å². The SMILES string of the molecule is CCN(CC)CC(=O)NC(C(=O)OCCN1C(=O)CC[C@H](N2C(=O)c3ccccc3C2=O)C1=O)C(C)C. The Balaban J connectivity index is 1.60. The number of nitrogens with zero attached hydrogens (tertiary/aromatic N) is 3. The summed E-state index contributed by atoms with van der Waals surface area (Å²) >= 11 is 0. The van der Waals surface area contributed by atoms with Gasteiger partial charge in [0.2, 0.25) is 11.8 Å². The summed E-state index contributed by atoms with van der Waals surface area (Å²) in [6.45, 7) is 8.46. The molecule has 2 aliphatic rings. The van der Waals surface area contributed by atoms with Gasteiger partial charge in [0.05, 0.1) is 24.2 Å². The van der Waals surface area contributed by atoms with Gasteiger partial charge in [-0.2, -0.15) is 0 Å². The summed E-state index contributed by atoms with van der Waals surface area (Å²) in [5.74, 6) is -3.51. The Bertz CT molecular complexity index is 1050. The maximum atomic E-state index is 13.1. The van der Waals surface area contributed by atoms with Crippen molar-refractivity contribution >= 4 is 35.5 Å². The maximum absolute atomic E-state index is 13.1. The number of amides is 5. The van der Waals surface area contributed by atoms with Crippen molar-refractivity contribution in [2.75, 3.05) is 32.8 Å². The number of ether oxygens (including phenoxy) is 1. The summed E-state index contributed by atoms with van der Waals surface area (Å²) in [6, 6.07) is 4.33. The van der Waals surface area contributed by atoms with Crippen LogP contribution in [0.2, 0.25) is 0 Å². The quantitative estimate of drug-likeness (QED) is 0.339. The first-order chi connectivity index (χ1) is 17.6. The standard InChI is InChI=1S/C26H34N4O7/c1-5-28(6-2)15-20(31)27-22(16(3)4)26(36)37-14-13-29-21(32)12-11-19(25(29)35)30-23(33)17-9-7-8-10-18(17)24(30)34/h7-10,16,19,22H,5-6,11-15H2,1-4H3,(H,27,31)/t19-,22?/m0/s1. The number of hydrogen-bond donors (Lipinski definition) is 1. The van der Waals surface area contributed by atoms with Crippen LogP contribution in [0.25, 0.3) is 0 Å². The van der Waals surface area contributed by atoms with E-state index in [1.807, 2.05) is 18.7 Å². The lowest BCUT2D eigenvalue weighted by Crippen LogP contribution is -2.56. The third-order valence-electron chi connectivity index (χ3n) is 6.68. The molecule has 11 nitrogen and oxygen atoms in total. The molecule has 2 atom stereocenters. The topological polar surface area (TPSA) is 133 Å². The second-order valence-electron chi connectivity index (χ2n) is 9.38. The van der Waals surface area contributed by atoms with E-state index in [1.165, 1.54) is 12.1 Å². The number of esters is 1. The molecule has 5 amide bonds. The molecule has 0 spiro atoms. The molecule has 3 rings (SSSR count). The largest absolute Gasteiger partial charge is 0.462 e. The van der Waals surface area contributed by atoms with E-state index in [9.17, 15) is 28.8 Å². The molecule has 1 fully saturated rings. The predicted molar refractivity (Wildman–Crippen MR) is 132 cm³/mol. The molecule has 2 aliphatic heterocycles. The number of rotatable bonds is 11. The highest BCUT2D eigenvalue weighted by Gasteiger charge is 2.46. The van der Waals surface area contributed by atoms with E-state index in [0.717, 1.165) is 9.80 Å². The lowest BCUT2D eigenvalue weighted by molar-refractivity contribution is -0.157. The molecule has 1 unspecified atom stereocenters. The van der Waals surface area contributed by atoms with Gasteiger partial charge in [0, 0.05) is 6.42 Å². The Hall–Kier alpha value is -3.60. The zero-order valence-corrected chi connectivity index (χ0v) is 21.7. The number of imide groups is 2. The van der Waals surface area contributed by atoms with E-state index in [1.54, 1.807) is 26.0 Å². The zero-order chi connectivity index (χ0) is 27.3. The molecule has 1 aromatic rings. The van der Waals surface area contributed by atoms with E-state index < -0.39 is 41.7 Å². The number of hydrogen-bond acceptors (Lipinski definition) is 8. The minimum atomic E-state index is -1.11. The van der Waals surface area contributed by atoms with E-state index >= 15 is 0 Å². The van der Waals surface area contributed by atoms with Crippen molar-refractivity contribution in [2.45, 2.75) is 52.6 Å². The molecule has 1 saturated heterocycles. The number of piperidine rings is 1. The molecule has 200 valence electrons. The minimum absolute atomic E-state index is 0.0339. The number of carbonyl (C=O) groups excluding carboxylic acids is 6. The van der Waals surface area contributed by atoms with Crippen LogP contribution in [0.3, 0.4) is 0 Å². The summed E-state index contributed by atoms with van der Waals surface area (Å²) in [5.41, 5.74) is 0.445. The van der Waals surface area contributed by atoms with Gasteiger partial charge >= 0.3 is 5.97 Å². The molecule has 11 heteroatoms. The Morgan fingerprint density at radius 1 is 1.05 bits per heavy atom. The molecule has 1 N–H and O–H groups in total. The van der Waals surface area contributed by atoms with Crippen molar-refractivity contribution in [2.24, 2.45) is 5.92 Å². The summed E-state index contributed by atoms with van der Waals surface area (Å²) in [7, 11) is 0. The molecule has 0 aromatic heterocycles. The molecule has 2 heterocycles. The van der Waals surface area contributed by atoms with Gasteiger partial charge in [0.25, 0.3) is 17.7 Å². The second-order valence-corrected chi connectivity index (χ2v) is 9.38. The minimum Gasteiger partial charge on any atom is -0.462 e. The van der Waals surface area contributed by atoms with Crippen LogP contribution in [0.4, 0.5) is 0 Å². The number of fused-ring (bicyclic) bond motifs is 1. The molecule has 0 aliphatic carbocycles. The molecule has 0 saturated carbocycles. The zero-order valence-electron chi connectivity index (χ0n) is 21.7. The van der Waals surface area contributed by atoms with Crippen molar-refractivity contribution < 1.29 is 33.5 Å². The van der Waals surface area contributed by atoms with Crippen LogP contribution >= 0.6 is 0 Å². The Morgan fingerprint density at radius 3 is 2.19 bits per heavy atom. The number of nitrogens with one attached hydrogen (secondary N) is 1. The van der Waals surface area contributed by atoms with Crippen LogP contribution in [-0.4, -0.2) is 95.1 Å². The van der Waals surface area contributed by atoms with Crippen molar-refractivity contribution in [3.8, 4) is 0 Å². The third-order valence-corrected chi connectivity index (χ3v) is 6.68. The highest BCUT2D eigenvalue weighted by atomic mass is 16.5. The van der Waals surface area contributed by atoms with Gasteiger partial charge in [-0.3, -0.25) is 38.7 Å². The highest BCUT2D eigenvalue weighted by molar-refractivity contribution is 6.23. The van der Waals surface area contributed by atoms with Crippen LogP contribution in [0.15, 0.2) is 24.3 Å². The predicted octanol–water partition coefficient (Wildman–Crippen LogP) is 0.826. The molecule has 0 radical (unpaired) electrons. The normalized spacial score (nSPS) is 18.5. The highest BCUT2D eigenvalue weighted by Crippen LogP contribution is 2.28. The van der Waals surface area contributed by atoms with Crippen molar-refractivity contribution in [3.63, 3.8) is 0 Å². The molecular formula is C26H34N4O7. The Morgan fingerprint density at radius 2 is 1.65 bits per heavy atom. The summed E-state index contributed by atoms with van der Waals surface area (Å²) < 4.78 is 5.32. The average molecular weight is 515 g/mol. The van der Waals surface area contributed by atoms with Gasteiger partial charge in [0.1, 0.15) is 18.7 Å². The van der Waals surface area contributed by atoms with E-state index in [4.69, 9.17) is 4.74 Å². The van der Waals surface area contributed by atoms with Gasteiger partial charge in [-0.1, -0.05) is 39.8 Å². The van der Waals surface area contributed by atoms with Crippen molar-refractivity contribution in [3.05, 3.63) is 35.4 Å². The van der Waals surface area contributed by atoms with Gasteiger partial charge in [-0.25, -0.2) is 4.79 Å². The first-order valence-electron chi connectivity index (χ1n) is 12.6. The van der Waals surface area contributed by atoms with Gasteiger partial charge in [0.15, 0.2) is 0 Å². The van der Waals surface area contributed by atoms with Crippen LogP contribution < -0.4 is 5.32 Å². The maximum Gasteiger partial charge on any atom is 0.328 e. The lowest BCUT2D eigenvalue weighted by Gasteiger charge is -2.34. The molecular weight excluding hydrogens is 480 g/mol. The third kappa shape index (κ3) is 6.04. The van der Waals surface area contributed by atoms with E-state index in [2.05, 4.69) is 5.32 Å². The van der Waals surface area contributed by atoms with Crippen LogP contribution in [0.5, 0.6) is 0 Å². The number of carbonyl (C=O) groups is 6. The van der Waals surface area contributed by atoms with Crippen molar-refractivity contribution in [1.82, 2.24) is 20.0 Å². The first kappa shape index (κ1) is 28.0. The van der Waals surface area contributed by atoms with Gasteiger partial charge < -0.3 is 10.1 Å². The molecule has 1 aromatic carbocycles. The van der Waals surface area contributed by atoms with E-state index in [0.29, 0.717) is 13.1 Å².